The zero-order valence-electron chi connectivity index (χ0n) is 20.0. The summed E-state index contributed by atoms with van der Waals surface area (Å²) in [5, 5.41) is 24.1. The summed E-state index contributed by atoms with van der Waals surface area (Å²) in [7, 11) is 0. The molecule has 4 rings (SSSR count). The third-order valence-electron chi connectivity index (χ3n) is 5.91. The average molecular weight is 650 g/mol. The lowest BCUT2D eigenvalue weighted by atomic mass is 10.0. The highest BCUT2D eigenvalue weighted by Crippen LogP contribution is 2.29. The van der Waals surface area contributed by atoms with Gasteiger partial charge in [-0.15, -0.1) is 0 Å². The molecular formula is C27H25ClIN3O6. The molecule has 1 aliphatic heterocycles. The molecule has 4 N–H and O–H groups in total. The Morgan fingerprint density at radius 1 is 1.11 bits per heavy atom. The van der Waals surface area contributed by atoms with Crippen LogP contribution in [0.2, 0.25) is 5.02 Å². The zero-order chi connectivity index (χ0) is 27.2. The number of halogens is 2. The predicted molar refractivity (Wildman–Crippen MR) is 150 cm³/mol. The highest BCUT2D eigenvalue weighted by molar-refractivity contribution is 14.1. The van der Waals surface area contributed by atoms with Gasteiger partial charge < -0.3 is 25.6 Å². The molecule has 38 heavy (non-hydrogen) atoms. The molecule has 4 amide bonds. The predicted octanol–water partition coefficient (Wildman–Crippen LogP) is 3.52. The number of nitrogens with zero attached hydrogens (tertiary/aromatic N) is 1. The second-order valence-corrected chi connectivity index (χ2v) is 10.3. The molecule has 3 atom stereocenters. The van der Waals surface area contributed by atoms with E-state index in [1.165, 1.54) is 0 Å². The van der Waals surface area contributed by atoms with Crippen LogP contribution in [0.25, 0.3) is 0 Å². The van der Waals surface area contributed by atoms with Crippen LogP contribution in [-0.2, 0) is 16.0 Å². The molecule has 3 aromatic rings. The van der Waals surface area contributed by atoms with E-state index in [0.29, 0.717) is 22.0 Å². The number of amides is 4. The Bertz CT molecular complexity index is 1310. The summed E-state index contributed by atoms with van der Waals surface area (Å²) in [5.41, 5.74) is 1.65. The Morgan fingerprint density at radius 3 is 2.47 bits per heavy atom. The monoisotopic (exact) mass is 649 g/mol. The van der Waals surface area contributed by atoms with E-state index in [0.717, 1.165) is 14.0 Å². The van der Waals surface area contributed by atoms with Gasteiger partial charge in [0.1, 0.15) is 30.5 Å². The normalized spacial score (nSPS) is 16.6. The number of urea groups is 1. The minimum atomic E-state index is -1.13. The molecule has 9 nitrogen and oxygen atoms in total. The summed E-state index contributed by atoms with van der Waals surface area (Å²) in [4.78, 5) is 41.0. The van der Waals surface area contributed by atoms with Crippen molar-refractivity contribution in [2.24, 2.45) is 0 Å². The topological polar surface area (TPSA) is 128 Å². The number of ether oxygens (including phenoxy) is 1. The largest absolute Gasteiger partial charge is 0.491 e. The Balaban J connectivity index is 1.56. The lowest BCUT2D eigenvalue weighted by molar-refractivity contribution is -0.134. The van der Waals surface area contributed by atoms with Gasteiger partial charge in [-0.05, 0) is 64.0 Å². The summed E-state index contributed by atoms with van der Waals surface area (Å²) < 4.78 is 6.29. The molecule has 198 valence electrons. The van der Waals surface area contributed by atoms with Crippen molar-refractivity contribution < 1.29 is 29.3 Å². The van der Waals surface area contributed by atoms with Crippen molar-refractivity contribution in [1.82, 2.24) is 10.2 Å². The van der Waals surface area contributed by atoms with Crippen molar-refractivity contribution in [3.05, 3.63) is 92.5 Å². The second-order valence-electron chi connectivity index (χ2n) is 8.63. The molecule has 0 aromatic heterocycles. The number of hydrogen-bond acceptors (Lipinski definition) is 6. The highest BCUT2D eigenvalue weighted by Gasteiger charge is 2.45. The first-order chi connectivity index (χ1) is 18.3. The molecule has 3 unspecified atom stereocenters. The summed E-state index contributed by atoms with van der Waals surface area (Å²) in [6.07, 6.45) is -0.901. The van der Waals surface area contributed by atoms with E-state index in [1.807, 2.05) is 30.3 Å². The molecule has 1 fully saturated rings. The van der Waals surface area contributed by atoms with Gasteiger partial charge in [0.2, 0.25) is 5.91 Å². The number of carbonyl (C=O) groups is 3. The molecule has 3 aromatic carbocycles. The molecule has 0 radical (unpaired) electrons. The van der Waals surface area contributed by atoms with E-state index in [9.17, 15) is 19.5 Å². The van der Waals surface area contributed by atoms with Gasteiger partial charge >= 0.3 is 6.03 Å². The number of nitrogens with one attached hydrogen (secondary N) is 2. The van der Waals surface area contributed by atoms with Crippen LogP contribution < -0.4 is 15.4 Å². The lowest BCUT2D eigenvalue weighted by Crippen LogP contribution is -2.49. The van der Waals surface area contributed by atoms with Gasteiger partial charge in [-0.3, -0.25) is 9.59 Å². The maximum atomic E-state index is 13.5. The number of aliphatic hydroxyl groups excluding tert-OH is 2. The number of carbonyl (C=O) groups excluding carboxylic acids is 3. The maximum absolute atomic E-state index is 13.5. The van der Waals surface area contributed by atoms with Crippen molar-refractivity contribution in [2.75, 3.05) is 18.5 Å². The van der Waals surface area contributed by atoms with Crippen LogP contribution in [0, 0.1) is 3.57 Å². The van der Waals surface area contributed by atoms with E-state index in [4.69, 9.17) is 21.4 Å². The van der Waals surface area contributed by atoms with E-state index in [2.05, 4.69) is 33.2 Å². The minimum absolute atomic E-state index is 0.0937. The molecule has 0 aliphatic carbocycles. The summed E-state index contributed by atoms with van der Waals surface area (Å²) in [6, 6.07) is 17.9. The van der Waals surface area contributed by atoms with Crippen LogP contribution in [0.5, 0.6) is 5.75 Å². The third kappa shape index (κ3) is 6.62. The molecular weight excluding hydrogens is 625 g/mol. The fourth-order valence-corrected chi connectivity index (χ4v) is 4.87. The molecule has 1 saturated heterocycles. The van der Waals surface area contributed by atoms with Crippen molar-refractivity contribution in [1.29, 1.82) is 0 Å². The van der Waals surface area contributed by atoms with Gasteiger partial charge in [-0.2, -0.15) is 0 Å². The van der Waals surface area contributed by atoms with Crippen LogP contribution in [-0.4, -0.2) is 58.3 Å². The SMILES string of the molecule is O=C(Nc1ccc(I)cc1Cl)C(Cc1ccccc1)N1C(=O)NC(c2ccc(OCC(O)CO)cc2)C1=O. The van der Waals surface area contributed by atoms with Crippen LogP contribution in [0.15, 0.2) is 72.8 Å². The van der Waals surface area contributed by atoms with Gasteiger partial charge in [0.25, 0.3) is 5.91 Å². The molecule has 0 bridgehead atoms. The third-order valence-corrected chi connectivity index (χ3v) is 6.90. The second kappa shape index (κ2) is 12.6. The van der Waals surface area contributed by atoms with Gasteiger partial charge in [0.05, 0.1) is 17.3 Å². The Hall–Kier alpha value is -3.19. The van der Waals surface area contributed by atoms with E-state index >= 15 is 0 Å². The van der Waals surface area contributed by atoms with Crippen molar-refractivity contribution in [3.8, 4) is 5.75 Å². The zero-order valence-corrected chi connectivity index (χ0v) is 22.9. The molecule has 0 spiro atoms. The maximum Gasteiger partial charge on any atom is 0.325 e. The molecule has 0 saturated carbocycles. The van der Waals surface area contributed by atoms with Gasteiger partial charge in [0, 0.05) is 9.99 Å². The van der Waals surface area contributed by atoms with Gasteiger partial charge in [-0.1, -0.05) is 54.1 Å². The summed E-state index contributed by atoms with van der Waals surface area (Å²) in [5.74, 6) is -0.693. The number of imide groups is 1. The van der Waals surface area contributed by atoms with Crippen molar-refractivity contribution in [2.45, 2.75) is 24.6 Å². The fourth-order valence-electron chi connectivity index (χ4n) is 3.96. The van der Waals surface area contributed by atoms with Crippen molar-refractivity contribution in [3.63, 3.8) is 0 Å². The number of aliphatic hydroxyl groups is 2. The lowest BCUT2D eigenvalue weighted by Gasteiger charge is -2.25. The minimum Gasteiger partial charge on any atom is -0.491 e. The first kappa shape index (κ1) is 27.8. The summed E-state index contributed by atoms with van der Waals surface area (Å²) >= 11 is 8.41. The van der Waals surface area contributed by atoms with E-state index in [-0.39, 0.29) is 13.0 Å². The molecule has 1 heterocycles. The Labute approximate surface area is 237 Å². The van der Waals surface area contributed by atoms with Gasteiger partial charge in [0.15, 0.2) is 0 Å². The number of benzene rings is 3. The molecule has 1 aliphatic rings. The smallest absolute Gasteiger partial charge is 0.325 e. The Morgan fingerprint density at radius 2 is 1.82 bits per heavy atom. The average Bonchev–Trinajstić information content (AvgIpc) is 3.21. The standard InChI is InChI=1S/C27H25ClIN3O6/c28-21-13-18(29)8-11-22(21)30-25(35)23(12-16-4-2-1-3-5-16)32-26(36)24(31-27(32)37)17-6-9-20(10-7-17)38-15-19(34)14-33/h1-11,13,19,23-24,33-34H,12,14-15H2,(H,30,35)(H,31,37). The molecule has 11 heteroatoms. The quantitative estimate of drug-likeness (QED) is 0.197. The first-order valence-corrected chi connectivity index (χ1v) is 13.2. The first-order valence-electron chi connectivity index (χ1n) is 11.7. The number of anilines is 1. The highest BCUT2D eigenvalue weighted by atomic mass is 127. The number of hydrogen-bond donors (Lipinski definition) is 4. The van der Waals surface area contributed by atoms with Crippen LogP contribution in [0.3, 0.4) is 0 Å². The number of rotatable bonds is 10. The van der Waals surface area contributed by atoms with Gasteiger partial charge in [-0.25, -0.2) is 9.69 Å². The van der Waals surface area contributed by atoms with Crippen molar-refractivity contribution >= 4 is 57.7 Å². The summed E-state index contributed by atoms with van der Waals surface area (Å²) in [6.45, 7) is -0.520. The Kier molecular flexibility index (Phi) is 9.21. The van der Waals surface area contributed by atoms with E-state index < -0.39 is 42.6 Å². The van der Waals surface area contributed by atoms with Crippen LogP contribution >= 0.6 is 34.2 Å². The van der Waals surface area contributed by atoms with E-state index in [1.54, 1.807) is 42.5 Å². The van der Waals surface area contributed by atoms with Crippen LogP contribution in [0.1, 0.15) is 17.2 Å². The van der Waals surface area contributed by atoms with Crippen LogP contribution in [0.4, 0.5) is 10.5 Å². The fraction of sp³-hybridized carbons (Fsp3) is 0.222.